The first-order chi connectivity index (χ1) is 15.3. The molecule has 1 aromatic heterocycles. The number of nitrogens with zero attached hydrogens (tertiary/aromatic N) is 2. The van der Waals surface area contributed by atoms with Gasteiger partial charge in [-0.25, -0.2) is 0 Å². The van der Waals surface area contributed by atoms with E-state index in [-0.39, 0.29) is 11.9 Å². The van der Waals surface area contributed by atoms with E-state index < -0.39 is 0 Å². The van der Waals surface area contributed by atoms with Gasteiger partial charge in [0.15, 0.2) is 11.5 Å². The van der Waals surface area contributed by atoms with Gasteiger partial charge in [-0.2, -0.15) is 0 Å². The fourth-order valence-electron chi connectivity index (χ4n) is 3.46. The Morgan fingerprint density at radius 3 is 2.41 bits per heavy atom. The molecule has 0 aliphatic heterocycles. The van der Waals surface area contributed by atoms with Crippen molar-refractivity contribution in [1.29, 1.82) is 0 Å². The number of rotatable bonds is 9. The number of amides is 1. The highest BCUT2D eigenvalue weighted by molar-refractivity contribution is 5.94. The van der Waals surface area contributed by atoms with Crippen LogP contribution in [0.1, 0.15) is 44.5 Å². The number of ether oxygens (including phenoxy) is 2. The quantitative estimate of drug-likeness (QED) is 0.540. The number of benzene rings is 2. The van der Waals surface area contributed by atoms with Crippen molar-refractivity contribution in [2.45, 2.75) is 33.4 Å². The van der Waals surface area contributed by atoms with Gasteiger partial charge < -0.3 is 24.2 Å². The molecule has 1 N–H and O–H groups in total. The Hall–Kier alpha value is -3.32. The van der Waals surface area contributed by atoms with Crippen LogP contribution in [0.25, 0.3) is 0 Å². The highest BCUT2D eigenvalue weighted by Gasteiger charge is 2.18. The summed E-state index contributed by atoms with van der Waals surface area (Å²) in [7, 11) is 5.56. The number of nitrogens with one attached hydrogen (secondary N) is 1. The Balaban J connectivity index is 1.67. The smallest absolute Gasteiger partial charge is 0.251 e. The van der Waals surface area contributed by atoms with Crippen LogP contribution in [0.15, 0.2) is 47.0 Å². The second kappa shape index (κ2) is 10.3. The largest absolute Gasteiger partial charge is 0.493 e. The van der Waals surface area contributed by atoms with Gasteiger partial charge in [0.2, 0.25) is 0 Å². The average Bonchev–Trinajstić information content (AvgIpc) is 3.10. The molecule has 0 unspecified atom stereocenters. The summed E-state index contributed by atoms with van der Waals surface area (Å²) in [5.74, 6) is 1.60. The summed E-state index contributed by atoms with van der Waals surface area (Å²) in [6.45, 7) is 6.58. The van der Waals surface area contributed by atoms with Crippen LogP contribution in [0.4, 0.5) is 0 Å². The summed E-state index contributed by atoms with van der Waals surface area (Å²) in [5, 5.41) is 6.97. The van der Waals surface area contributed by atoms with Crippen molar-refractivity contribution < 1.29 is 18.8 Å². The van der Waals surface area contributed by atoms with E-state index in [0.29, 0.717) is 30.2 Å². The van der Waals surface area contributed by atoms with E-state index in [4.69, 9.17) is 14.0 Å². The van der Waals surface area contributed by atoms with E-state index in [1.54, 1.807) is 25.3 Å². The lowest BCUT2D eigenvalue weighted by molar-refractivity contribution is 0.0941. The number of methoxy groups -OCH3 is 1. The molecule has 2 aromatic carbocycles. The minimum atomic E-state index is -0.167. The molecule has 170 valence electrons. The van der Waals surface area contributed by atoms with Gasteiger partial charge in [-0.1, -0.05) is 35.0 Å². The Labute approximate surface area is 189 Å². The maximum absolute atomic E-state index is 12.8. The number of aromatic nitrogens is 1. The van der Waals surface area contributed by atoms with E-state index in [0.717, 1.165) is 22.6 Å². The van der Waals surface area contributed by atoms with E-state index in [9.17, 15) is 4.79 Å². The minimum Gasteiger partial charge on any atom is -0.493 e. The van der Waals surface area contributed by atoms with Crippen molar-refractivity contribution >= 4 is 5.91 Å². The Kier molecular flexibility index (Phi) is 7.53. The number of hydrogen-bond acceptors (Lipinski definition) is 6. The SMILES string of the molecule is COc1cc(C(=O)NC[C@H](c2ccc(C)cc2)N(C)C)ccc1OCc1c(C)noc1C. The molecule has 1 atom stereocenters. The van der Waals surface area contributed by atoms with E-state index in [1.165, 1.54) is 5.56 Å². The molecular formula is C25H31N3O4. The maximum Gasteiger partial charge on any atom is 0.251 e. The van der Waals surface area contributed by atoms with Gasteiger partial charge in [0.1, 0.15) is 12.4 Å². The summed E-state index contributed by atoms with van der Waals surface area (Å²) in [5.41, 5.74) is 4.56. The molecule has 0 aliphatic carbocycles. The van der Waals surface area contributed by atoms with Gasteiger partial charge in [-0.3, -0.25) is 4.79 Å². The van der Waals surface area contributed by atoms with Crippen LogP contribution >= 0.6 is 0 Å². The average molecular weight is 438 g/mol. The molecule has 0 saturated heterocycles. The third-order valence-electron chi connectivity index (χ3n) is 5.52. The zero-order chi connectivity index (χ0) is 23.3. The van der Waals surface area contributed by atoms with Crippen molar-refractivity contribution in [3.63, 3.8) is 0 Å². The van der Waals surface area contributed by atoms with Crippen LogP contribution < -0.4 is 14.8 Å². The first kappa shape index (κ1) is 23.3. The second-order valence-electron chi connectivity index (χ2n) is 8.06. The van der Waals surface area contributed by atoms with Crippen LogP contribution in [0.5, 0.6) is 11.5 Å². The van der Waals surface area contributed by atoms with Crippen molar-refractivity contribution in [2.24, 2.45) is 0 Å². The van der Waals surface area contributed by atoms with Crippen molar-refractivity contribution in [3.05, 3.63) is 76.2 Å². The Morgan fingerprint density at radius 1 is 1.09 bits per heavy atom. The monoisotopic (exact) mass is 437 g/mol. The normalized spacial score (nSPS) is 12.0. The maximum atomic E-state index is 12.8. The second-order valence-corrected chi connectivity index (χ2v) is 8.06. The minimum absolute atomic E-state index is 0.0686. The molecule has 0 spiro atoms. The third-order valence-corrected chi connectivity index (χ3v) is 5.52. The standard InChI is InChI=1S/C25H31N3O4/c1-16-7-9-19(10-8-16)22(28(4)5)14-26-25(29)20-11-12-23(24(13-20)30-6)31-15-21-17(2)27-32-18(21)3/h7-13,22H,14-15H2,1-6H3,(H,26,29)/t22-/m1/s1. The fourth-order valence-corrected chi connectivity index (χ4v) is 3.46. The molecule has 32 heavy (non-hydrogen) atoms. The number of hydrogen-bond donors (Lipinski definition) is 1. The van der Waals surface area contributed by atoms with Crippen molar-refractivity contribution in [1.82, 2.24) is 15.4 Å². The Morgan fingerprint density at radius 2 is 1.81 bits per heavy atom. The predicted molar refractivity (Wildman–Crippen MR) is 123 cm³/mol. The molecule has 3 aromatic rings. The van der Waals surface area contributed by atoms with Crippen LogP contribution in [0.2, 0.25) is 0 Å². The van der Waals surface area contributed by atoms with E-state index in [1.807, 2.05) is 27.9 Å². The van der Waals surface area contributed by atoms with Crippen LogP contribution in [-0.2, 0) is 6.61 Å². The molecule has 7 heteroatoms. The van der Waals surface area contributed by atoms with Gasteiger partial charge >= 0.3 is 0 Å². The number of carbonyl (C=O) groups excluding carboxylic acids is 1. The summed E-state index contributed by atoms with van der Waals surface area (Å²) in [6.07, 6.45) is 0. The van der Waals surface area contributed by atoms with Crippen molar-refractivity contribution in [3.8, 4) is 11.5 Å². The fraction of sp³-hybridized carbons (Fsp3) is 0.360. The first-order valence-corrected chi connectivity index (χ1v) is 10.5. The van der Waals surface area contributed by atoms with Crippen LogP contribution in [-0.4, -0.2) is 43.7 Å². The lowest BCUT2D eigenvalue weighted by Gasteiger charge is -2.25. The summed E-state index contributed by atoms with van der Waals surface area (Å²) < 4.78 is 16.5. The van der Waals surface area contributed by atoms with Gasteiger partial charge in [-0.05, 0) is 58.6 Å². The molecule has 1 heterocycles. The first-order valence-electron chi connectivity index (χ1n) is 10.5. The number of likely N-dealkylation sites (N-methyl/N-ethyl adjacent to an activating group) is 1. The predicted octanol–water partition coefficient (Wildman–Crippen LogP) is 4.22. The molecule has 3 rings (SSSR count). The number of carbonyl (C=O) groups is 1. The van der Waals surface area contributed by atoms with Crippen LogP contribution in [0, 0.1) is 20.8 Å². The van der Waals surface area contributed by atoms with E-state index in [2.05, 4.69) is 46.6 Å². The third kappa shape index (κ3) is 5.48. The summed E-state index contributed by atoms with van der Waals surface area (Å²) >= 11 is 0. The molecule has 0 saturated carbocycles. The lowest BCUT2D eigenvalue weighted by atomic mass is 10.0. The Bertz CT molecular complexity index is 1040. The molecule has 0 aliphatic rings. The lowest BCUT2D eigenvalue weighted by Crippen LogP contribution is -2.34. The highest BCUT2D eigenvalue weighted by Crippen LogP contribution is 2.29. The van der Waals surface area contributed by atoms with Gasteiger partial charge in [0.05, 0.1) is 24.4 Å². The zero-order valence-corrected chi connectivity index (χ0v) is 19.6. The molecule has 1 amide bonds. The molecule has 0 bridgehead atoms. The molecule has 0 radical (unpaired) electrons. The van der Waals surface area contributed by atoms with E-state index >= 15 is 0 Å². The topological polar surface area (TPSA) is 76.8 Å². The van der Waals surface area contributed by atoms with Gasteiger partial charge in [-0.15, -0.1) is 0 Å². The molecular weight excluding hydrogens is 406 g/mol. The van der Waals surface area contributed by atoms with Crippen molar-refractivity contribution in [2.75, 3.05) is 27.7 Å². The zero-order valence-electron chi connectivity index (χ0n) is 19.6. The molecule has 7 nitrogen and oxygen atoms in total. The van der Waals surface area contributed by atoms with Gasteiger partial charge in [0, 0.05) is 12.1 Å². The number of aryl methyl sites for hydroxylation is 3. The van der Waals surface area contributed by atoms with Crippen LogP contribution in [0.3, 0.4) is 0 Å². The highest BCUT2D eigenvalue weighted by atomic mass is 16.5. The summed E-state index contributed by atoms with van der Waals surface area (Å²) in [6, 6.07) is 13.6. The summed E-state index contributed by atoms with van der Waals surface area (Å²) in [4.78, 5) is 14.9. The molecule has 0 fully saturated rings. The van der Waals surface area contributed by atoms with Gasteiger partial charge in [0.25, 0.3) is 5.91 Å².